The molecule has 2 aromatic rings. The van der Waals surface area contributed by atoms with Gasteiger partial charge in [0.1, 0.15) is 11.5 Å². The van der Waals surface area contributed by atoms with Gasteiger partial charge in [0.05, 0.1) is 13.2 Å². The number of rotatable bonds is 5. The average molecular weight is 380 g/mol. The van der Waals surface area contributed by atoms with Crippen LogP contribution in [0.1, 0.15) is 36.0 Å². The zero-order chi connectivity index (χ0) is 19.3. The molecule has 2 aromatic carbocycles. The van der Waals surface area contributed by atoms with Gasteiger partial charge in [-0.25, -0.2) is 0 Å². The molecular formula is C23H28N2O3. The normalized spacial score (nSPS) is 17.6. The maximum Gasteiger partial charge on any atom is 0.253 e. The second-order valence-corrected chi connectivity index (χ2v) is 7.53. The van der Waals surface area contributed by atoms with Gasteiger partial charge in [-0.05, 0) is 74.2 Å². The first-order chi connectivity index (χ1) is 13.7. The minimum Gasteiger partial charge on any atom is -0.497 e. The van der Waals surface area contributed by atoms with Crippen LogP contribution in [0.5, 0.6) is 11.5 Å². The Kier molecular flexibility index (Phi) is 5.70. The Labute approximate surface area is 166 Å². The van der Waals surface area contributed by atoms with E-state index in [2.05, 4.69) is 17.0 Å². The quantitative estimate of drug-likeness (QED) is 0.787. The molecule has 1 amide bonds. The molecule has 5 nitrogen and oxygen atoms in total. The highest BCUT2D eigenvalue weighted by atomic mass is 16.5. The Bertz CT molecular complexity index is 774. The molecule has 4 rings (SSSR count). The van der Waals surface area contributed by atoms with Crippen LogP contribution in [-0.2, 0) is 0 Å². The van der Waals surface area contributed by atoms with E-state index in [9.17, 15) is 4.79 Å². The van der Waals surface area contributed by atoms with Crippen LogP contribution < -0.4 is 14.4 Å². The highest BCUT2D eigenvalue weighted by Gasteiger charge is 2.23. The molecule has 1 saturated carbocycles. The fourth-order valence-corrected chi connectivity index (χ4v) is 4.02. The van der Waals surface area contributed by atoms with Crippen LogP contribution in [0.2, 0.25) is 0 Å². The summed E-state index contributed by atoms with van der Waals surface area (Å²) in [4.78, 5) is 17.1. The number of benzene rings is 2. The van der Waals surface area contributed by atoms with E-state index >= 15 is 0 Å². The lowest BCUT2D eigenvalue weighted by molar-refractivity contribution is 0.0746. The predicted molar refractivity (Wildman–Crippen MR) is 110 cm³/mol. The van der Waals surface area contributed by atoms with E-state index < -0.39 is 0 Å². The monoisotopic (exact) mass is 380 g/mol. The molecule has 0 atom stereocenters. The Balaban J connectivity index is 1.31. The van der Waals surface area contributed by atoms with Crippen LogP contribution in [0.4, 0.5) is 5.69 Å². The van der Waals surface area contributed by atoms with Gasteiger partial charge in [-0.2, -0.15) is 0 Å². The molecular weight excluding hydrogens is 352 g/mol. The molecule has 148 valence electrons. The van der Waals surface area contributed by atoms with Gasteiger partial charge in [0.2, 0.25) is 0 Å². The maximum atomic E-state index is 12.8. The third-order valence-electron chi connectivity index (χ3n) is 5.71. The summed E-state index contributed by atoms with van der Waals surface area (Å²) in [7, 11) is 1.67. The van der Waals surface area contributed by atoms with E-state index in [1.165, 1.54) is 18.5 Å². The number of methoxy groups -OCH3 is 1. The van der Waals surface area contributed by atoms with Crippen molar-refractivity contribution in [3.8, 4) is 11.5 Å². The van der Waals surface area contributed by atoms with Crippen LogP contribution in [-0.4, -0.2) is 50.2 Å². The Hall–Kier alpha value is -2.69. The summed E-state index contributed by atoms with van der Waals surface area (Å²) >= 11 is 0. The number of nitrogens with zero attached hydrogens (tertiary/aromatic N) is 2. The molecule has 0 N–H and O–H groups in total. The zero-order valence-electron chi connectivity index (χ0n) is 16.5. The Morgan fingerprint density at radius 2 is 1.46 bits per heavy atom. The van der Waals surface area contributed by atoms with Crippen molar-refractivity contribution in [2.24, 2.45) is 0 Å². The lowest BCUT2D eigenvalue weighted by Gasteiger charge is -2.36. The molecule has 0 aromatic heterocycles. The largest absolute Gasteiger partial charge is 0.497 e. The van der Waals surface area contributed by atoms with Crippen LogP contribution >= 0.6 is 0 Å². The lowest BCUT2D eigenvalue weighted by Crippen LogP contribution is -2.48. The molecule has 0 radical (unpaired) electrons. The molecule has 1 aliphatic heterocycles. The van der Waals surface area contributed by atoms with Gasteiger partial charge in [0.15, 0.2) is 0 Å². The smallest absolute Gasteiger partial charge is 0.253 e. The van der Waals surface area contributed by atoms with Crippen molar-refractivity contribution < 1.29 is 14.3 Å². The fraction of sp³-hybridized carbons (Fsp3) is 0.435. The molecule has 0 spiro atoms. The van der Waals surface area contributed by atoms with Crippen LogP contribution in [0.15, 0.2) is 48.5 Å². The summed E-state index contributed by atoms with van der Waals surface area (Å²) in [5.41, 5.74) is 1.90. The highest BCUT2D eigenvalue weighted by molar-refractivity contribution is 5.94. The van der Waals surface area contributed by atoms with Crippen LogP contribution in [0.25, 0.3) is 0 Å². The molecule has 1 saturated heterocycles. The van der Waals surface area contributed by atoms with Gasteiger partial charge in [0.25, 0.3) is 5.91 Å². The zero-order valence-corrected chi connectivity index (χ0v) is 16.5. The van der Waals surface area contributed by atoms with E-state index in [-0.39, 0.29) is 5.91 Å². The van der Waals surface area contributed by atoms with E-state index in [0.717, 1.165) is 56.1 Å². The number of amides is 1. The van der Waals surface area contributed by atoms with Crippen molar-refractivity contribution in [1.82, 2.24) is 4.90 Å². The van der Waals surface area contributed by atoms with Crippen molar-refractivity contribution in [1.29, 1.82) is 0 Å². The third kappa shape index (κ3) is 4.24. The first kappa shape index (κ1) is 18.7. The molecule has 2 aliphatic rings. The number of carbonyl (C=O) groups excluding carboxylic acids is 1. The van der Waals surface area contributed by atoms with Crippen LogP contribution in [0.3, 0.4) is 0 Å². The number of piperazine rings is 1. The van der Waals surface area contributed by atoms with Gasteiger partial charge in [-0.15, -0.1) is 0 Å². The minimum atomic E-state index is 0.0989. The summed E-state index contributed by atoms with van der Waals surface area (Å²) in [6.45, 7) is 3.12. The first-order valence-corrected chi connectivity index (χ1v) is 10.2. The van der Waals surface area contributed by atoms with Crippen molar-refractivity contribution >= 4 is 11.6 Å². The van der Waals surface area contributed by atoms with E-state index in [4.69, 9.17) is 9.47 Å². The summed E-state index contributed by atoms with van der Waals surface area (Å²) in [6, 6.07) is 15.7. The number of ether oxygens (including phenoxy) is 2. The number of hydrogen-bond acceptors (Lipinski definition) is 4. The Morgan fingerprint density at radius 3 is 2.07 bits per heavy atom. The third-order valence-corrected chi connectivity index (χ3v) is 5.71. The summed E-state index contributed by atoms with van der Waals surface area (Å²) in [6.07, 6.45) is 5.12. The fourth-order valence-electron chi connectivity index (χ4n) is 4.02. The second kappa shape index (κ2) is 8.55. The standard InChI is InChI=1S/C23H28N2O3/c1-27-20-12-8-19(9-13-20)24-14-16-25(17-15-24)23(26)18-6-10-22(11-7-18)28-21-4-2-3-5-21/h6-13,21H,2-5,14-17H2,1H3. The van der Waals surface area contributed by atoms with Gasteiger partial charge >= 0.3 is 0 Å². The van der Waals surface area contributed by atoms with E-state index in [1.807, 2.05) is 41.3 Å². The van der Waals surface area contributed by atoms with Crippen LogP contribution in [0, 0.1) is 0 Å². The van der Waals surface area contributed by atoms with Crippen molar-refractivity contribution in [2.45, 2.75) is 31.8 Å². The van der Waals surface area contributed by atoms with E-state index in [0.29, 0.717) is 6.10 Å². The van der Waals surface area contributed by atoms with Gasteiger partial charge < -0.3 is 19.3 Å². The highest BCUT2D eigenvalue weighted by Crippen LogP contribution is 2.25. The summed E-state index contributed by atoms with van der Waals surface area (Å²) in [5.74, 6) is 1.83. The molecule has 0 bridgehead atoms. The number of carbonyl (C=O) groups is 1. The van der Waals surface area contributed by atoms with Gasteiger partial charge in [0, 0.05) is 37.4 Å². The lowest BCUT2D eigenvalue weighted by atomic mass is 10.1. The van der Waals surface area contributed by atoms with Crippen molar-refractivity contribution in [2.75, 3.05) is 38.2 Å². The predicted octanol–water partition coefficient (Wildman–Crippen LogP) is 3.98. The van der Waals surface area contributed by atoms with Crippen molar-refractivity contribution in [3.05, 3.63) is 54.1 Å². The Morgan fingerprint density at radius 1 is 0.857 bits per heavy atom. The van der Waals surface area contributed by atoms with Crippen molar-refractivity contribution in [3.63, 3.8) is 0 Å². The number of hydrogen-bond donors (Lipinski definition) is 0. The summed E-state index contributed by atoms with van der Waals surface area (Å²) in [5, 5.41) is 0. The maximum absolute atomic E-state index is 12.8. The summed E-state index contributed by atoms with van der Waals surface area (Å²) < 4.78 is 11.2. The second-order valence-electron chi connectivity index (χ2n) is 7.53. The molecule has 0 unspecified atom stereocenters. The first-order valence-electron chi connectivity index (χ1n) is 10.2. The van der Waals surface area contributed by atoms with Gasteiger partial charge in [-0.3, -0.25) is 4.79 Å². The molecule has 1 aliphatic carbocycles. The topological polar surface area (TPSA) is 42.0 Å². The van der Waals surface area contributed by atoms with Gasteiger partial charge in [-0.1, -0.05) is 0 Å². The molecule has 1 heterocycles. The molecule has 2 fully saturated rings. The molecule has 28 heavy (non-hydrogen) atoms. The van der Waals surface area contributed by atoms with E-state index in [1.54, 1.807) is 7.11 Å². The number of anilines is 1. The SMILES string of the molecule is COc1ccc(N2CCN(C(=O)c3ccc(OC4CCCC4)cc3)CC2)cc1. The molecule has 5 heteroatoms. The average Bonchev–Trinajstić information content (AvgIpc) is 3.27. The minimum absolute atomic E-state index is 0.0989.